The highest BCUT2D eigenvalue weighted by molar-refractivity contribution is 5.66. The van der Waals surface area contributed by atoms with Gasteiger partial charge >= 0.3 is 0 Å². The fraction of sp³-hybridized carbons (Fsp3) is 0.462. The first kappa shape index (κ1) is 12.9. The molecule has 1 radical (unpaired) electrons. The lowest BCUT2D eigenvalue weighted by atomic mass is 10.1. The van der Waals surface area contributed by atoms with E-state index in [0.29, 0.717) is 0 Å². The summed E-state index contributed by atoms with van der Waals surface area (Å²) in [7, 11) is 0. The normalized spacial score (nSPS) is 12.1. The molecule has 0 aromatic heterocycles. The Balaban J connectivity index is 3.30. The summed E-state index contributed by atoms with van der Waals surface area (Å²) in [5, 5.41) is 0. The molecular weight excluding hydrogens is 172 g/mol. The monoisotopic (exact) mass is 191 g/mol. The van der Waals surface area contributed by atoms with E-state index in [1.54, 1.807) is 12.4 Å². The zero-order valence-corrected chi connectivity index (χ0v) is 8.91. The van der Waals surface area contributed by atoms with Crippen LogP contribution in [0, 0.1) is 0 Å². The van der Waals surface area contributed by atoms with Gasteiger partial charge in [-0.25, -0.2) is 0 Å². The first-order chi connectivity index (χ1) is 6.91. The van der Waals surface area contributed by atoms with Gasteiger partial charge in [-0.1, -0.05) is 56.6 Å². The molecule has 1 nitrogen and oxygen atoms in total. The number of rotatable bonds is 8. The Bertz CT molecular complexity index is 199. The summed E-state index contributed by atoms with van der Waals surface area (Å²) in [6.07, 6.45) is 19.0. The van der Waals surface area contributed by atoms with Crippen LogP contribution >= 0.6 is 0 Å². The van der Waals surface area contributed by atoms with Crippen molar-refractivity contribution in [1.29, 1.82) is 0 Å². The molecule has 1 heteroatoms. The van der Waals surface area contributed by atoms with Crippen LogP contribution in [0.3, 0.4) is 0 Å². The highest BCUT2D eigenvalue weighted by Gasteiger charge is 1.82. The van der Waals surface area contributed by atoms with E-state index < -0.39 is 0 Å². The number of hydrogen-bond acceptors (Lipinski definition) is 1. The molecule has 0 aromatic carbocycles. The molecule has 0 rings (SSSR count). The lowest BCUT2D eigenvalue weighted by Crippen LogP contribution is -1.72. The summed E-state index contributed by atoms with van der Waals surface area (Å²) >= 11 is 0. The molecular formula is C13H19O. The first-order valence-corrected chi connectivity index (χ1v) is 5.27. The molecule has 77 valence electrons. The Morgan fingerprint density at radius 1 is 1.00 bits per heavy atom. The Morgan fingerprint density at radius 3 is 2.50 bits per heavy atom. The maximum Gasteiger partial charge on any atom is 0.225 e. The molecule has 0 bridgehead atoms. The molecule has 14 heavy (non-hydrogen) atoms. The van der Waals surface area contributed by atoms with Gasteiger partial charge < -0.3 is 0 Å². The van der Waals surface area contributed by atoms with Crippen LogP contribution in [0.15, 0.2) is 36.5 Å². The topological polar surface area (TPSA) is 17.1 Å². The van der Waals surface area contributed by atoms with E-state index in [9.17, 15) is 4.79 Å². The lowest BCUT2D eigenvalue weighted by molar-refractivity contribution is 0.564. The predicted molar refractivity (Wildman–Crippen MR) is 61.9 cm³/mol. The van der Waals surface area contributed by atoms with Crippen molar-refractivity contribution in [3.8, 4) is 0 Å². The Morgan fingerprint density at radius 2 is 1.79 bits per heavy atom. The minimum Gasteiger partial charge on any atom is -0.286 e. The van der Waals surface area contributed by atoms with Crippen LogP contribution in [0.1, 0.15) is 39.0 Å². The fourth-order valence-corrected chi connectivity index (χ4v) is 1.09. The number of allylic oxidation sites excluding steroid dienone is 6. The van der Waals surface area contributed by atoms with Gasteiger partial charge in [0, 0.05) is 0 Å². The van der Waals surface area contributed by atoms with Crippen LogP contribution in [-0.2, 0) is 4.79 Å². The summed E-state index contributed by atoms with van der Waals surface area (Å²) in [6.45, 7) is 2.22. The fourth-order valence-electron chi connectivity index (χ4n) is 1.09. The largest absolute Gasteiger partial charge is 0.286 e. The average molecular weight is 191 g/mol. The Hall–Kier alpha value is -1.11. The van der Waals surface area contributed by atoms with Gasteiger partial charge in [0.15, 0.2) is 0 Å². The smallest absolute Gasteiger partial charge is 0.225 e. The van der Waals surface area contributed by atoms with Crippen molar-refractivity contribution in [2.75, 3.05) is 0 Å². The molecule has 0 heterocycles. The summed E-state index contributed by atoms with van der Waals surface area (Å²) in [4.78, 5) is 9.78. The van der Waals surface area contributed by atoms with Gasteiger partial charge in [-0.05, 0) is 18.9 Å². The standard InChI is InChI=1S/C13H19O/c1-2-3-4-5-6-7-8-9-10-11-12-13-14/h7-12H,2-6H2,1H3/b8-7+,10-9+,12-11+. The van der Waals surface area contributed by atoms with Gasteiger partial charge in [-0.15, -0.1) is 0 Å². The van der Waals surface area contributed by atoms with Gasteiger partial charge in [0.1, 0.15) is 0 Å². The van der Waals surface area contributed by atoms with E-state index in [1.165, 1.54) is 31.8 Å². The quantitative estimate of drug-likeness (QED) is 0.324. The minimum atomic E-state index is 1.15. The van der Waals surface area contributed by atoms with E-state index in [1.807, 2.05) is 18.2 Å². The minimum absolute atomic E-state index is 1.15. The summed E-state index contributed by atoms with van der Waals surface area (Å²) in [5.41, 5.74) is 0. The van der Waals surface area contributed by atoms with Crippen molar-refractivity contribution in [3.05, 3.63) is 36.5 Å². The summed E-state index contributed by atoms with van der Waals surface area (Å²) in [5.74, 6) is 0. The van der Waals surface area contributed by atoms with Crippen LogP contribution in [0.4, 0.5) is 0 Å². The van der Waals surface area contributed by atoms with E-state index in [0.717, 1.165) is 6.42 Å². The maximum absolute atomic E-state index is 9.78. The highest BCUT2D eigenvalue weighted by atomic mass is 16.1. The van der Waals surface area contributed by atoms with E-state index in [2.05, 4.69) is 13.0 Å². The van der Waals surface area contributed by atoms with Crippen molar-refractivity contribution in [1.82, 2.24) is 0 Å². The van der Waals surface area contributed by atoms with E-state index in [4.69, 9.17) is 0 Å². The molecule has 0 atom stereocenters. The van der Waals surface area contributed by atoms with E-state index in [-0.39, 0.29) is 0 Å². The van der Waals surface area contributed by atoms with Crippen molar-refractivity contribution in [2.45, 2.75) is 39.0 Å². The maximum atomic E-state index is 9.78. The van der Waals surface area contributed by atoms with Gasteiger partial charge in [0.05, 0.1) is 0 Å². The third kappa shape index (κ3) is 10.9. The van der Waals surface area contributed by atoms with Crippen molar-refractivity contribution < 1.29 is 4.79 Å². The third-order valence-electron chi connectivity index (χ3n) is 1.86. The second-order valence-corrected chi connectivity index (χ2v) is 3.14. The predicted octanol–water partition coefficient (Wildman–Crippen LogP) is 3.74. The molecule has 0 amide bonds. The highest BCUT2D eigenvalue weighted by Crippen LogP contribution is 2.02. The Kier molecular flexibility index (Phi) is 10.9. The third-order valence-corrected chi connectivity index (χ3v) is 1.86. The SMILES string of the molecule is CCCCCC/C=C/C=C/C=C/[C]=O. The molecule has 0 saturated carbocycles. The molecule has 0 unspecified atom stereocenters. The number of unbranched alkanes of at least 4 members (excludes halogenated alkanes) is 4. The van der Waals surface area contributed by atoms with Gasteiger partial charge in [0.25, 0.3) is 0 Å². The molecule has 0 aliphatic carbocycles. The lowest BCUT2D eigenvalue weighted by Gasteiger charge is -1.92. The molecule has 0 aromatic rings. The average Bonchev–Trinajstić information content (AvgIpc) is 2.21. The number of carbonyl (C=O) groups excluding carboxylic acids is 1. The molecule has 0 saturated heterocycles. The first-order valence-electron chi connectivity index (χ1n) is 5.27. The molecule has 0 fully saturated rings. The van der Waals surface area contributed by atoms with Crippen molar-refractivity contribution >= 4 is 6.29 Å². The summed E-state index contributed by atoms with van der Waals surface area (Å²) < 4.78 is 0. The zero-order valence-electron chi connectivity index (χ0n) is 8.91. The van der Waals surface area contributed by atoms with Crippen LogP contribution in [0.2, 0.25) is 0 Å². The van der Waals surface area contributed by atoms with Crippen molar-refractivity contribution in [3.63, 3.8) is 0 Å². The number of hydrogen-bond donors (Lipinski definition) is 0. The molecule has 0 aliphatic rings. The summed E-state index contributed by atoms with van der Waals surface area (Å²) in [6, 6.07) is 0. The van der Waals surface area contributed by atoms with Gasteiger partial charge in [-0.2, -0.15) is 0 Å². The van der Waals surface area contributed by atoms with Crippen molar-refractivity contribution in [2.24, 2.45) is 0 Å². The molecule has 0 N–H and O–H groups in total. The zero-order chi connectivity index (χ0) is 10.5. The van der Waals surface area contributed by atoms with Crippen LogP contribution in [0.5, 0.6) is 0 Å². The second-order valence-electron chi connectivity index (χ2n) is 3.14. The second kappa shape index (κ2) is 11.9. The van der Waals surface area contributed by atoms with Crippen LogP contribution < -0.4 is 0 Å². The molecule has 0 aliphatic heterocycles. The van der Waals surface area contributed by atoms with Crippen LogP contribution in [-0.4, -0.2) is 6.29 Å². The Labute approximate surface area is 87.2 Å². The van der Waals surface area contributed by atoms with Gasteiger partial charge in [-0.3, -0.25) is 4.79 Å². The van der Waals surface area contributed by atoms with E-state index >= 15 is 0 Å². The van der Waals surface area contributed by atoms with Gasteiger partial charge in [0.2, 0.25) is 6.29 Å². The molecule has 0 spiro atoms. The van der Waals surface area contributed by atoms with Crippen LogP contribution in [0.25, 0.3) is 0 Å².